The average molecular weight is 389 g/mol. The molecule has 1 N–H and O–H groups in total. The highest BCUT2D eigenvalue weighted by molar-refractivity contribution is 9.10. The number of halogens is 2. The molecule has 20 heavy (non-hydrogen) atoms. The van der Waals surface area contributed by atoms with Gasteiger partial charge in [-0.25, -0.2) is 30.3 Å². The predicted molar refractivity (Wildman–Crippen MR) is 76.8 cm³/mol. The van der Waals surface area contributed by atoms with Gasteiger partial charge in [0.25, 0.3) is 0 Å². The Hall–Kier alpha value is -0.550. The van der Waals surface area contributed by atoms with E-state index in [0.717, 1.165) is 16.4 Å². The molecule has 0 atom stereocenters. The van der Waals surface area contributed by atoms with Crippen molar-refractivity contribution in [3.05, 3.63) is 28.5 Å². The molecule has 0 aliphatic carbocycles. The first-order valence-electron chi connectivity index (χ1n) is 5.41. The first-order valence-corrected chi connectivity index (χ1v) is 9.30. The van der Waals surface area contributed by atoms with Gasteiger partial charge in [-0.1, -0.05) is 15.9 Å². The molecule has 1 aromatic carbocycles. The highest BCUT2D eigenvalue weighted by Gasteiger charge is 2.20. The maximum atomic E-state index is 13.6. The third-order valence-electron chi connectivity index (χ3n) is 2.39. The van der Waals surface area contributed by atoms with Crippen LogP contribution in [0.25, 0.3) is 0 Å². The van der Waals surface area contributed by atoms with E-state index in [1.165, 1.54) is 20.2 Å². The molecular formula is C10H14BrFN2O4S2. The van der Waals surface area contributed by atoms with E-state index >= 15 is 0 Å². The normalized spacial score (nSPS) is 12.8. The van der Waals surface area contributed by atoms with Gasteiger partial charge >= 0.3 is 0 Å². The van der Waals surface area contributed by atoms with Crippen LogP contribution in [0.4, 0.5) is 4.39 Å². The van der Waals surface area contributed by atoms with Crippen LogP contribution in [0.3, 0.4) is 0 Å². The van der Waals surface area contributed by atoms with Gasteiger partial charge in [0.2, 0.25) is 20.0 Å². The summed E-state index contributed by atoms with van der Waals surface area (Å²) >= 11 is 3.02. The zero-order chi connectivity index (χ0) is 15.6. The van der Waals surface area contributed by atoms with Crippen LogP contribution in [-0.4, -0.2) is 47.5 Å². The van der Waals surface area contributed by atoms with Gasteiger partial charge in [0.1, 0.15) is 10.7 Å². The number of rotatable bonds is 6. The van der Waals surface area contributed by atoms with Gasteiger partial charge in [0, 0.05) is 25.1 Å². The summed E-state index contributed by atoms with van der Waals surface area (Å²) in [4.78, 5) is -0.525. The van der Waals surface area contributed by atoms with E-state index in [2.05, 4.69) is 20.7 Å². The molecular weight excluding hydrogens is 375 g/mol. The Labute approximate surface area is 126 Å². The summed E-state index contributed by atoms with van der Waals surface area (Å²) < 4.78 is 63.7. The van der Waals surface area contributed by atoms with Gasteiger partial charge in [-0.2, -0.15) is 0 Å². The maximum absolute atomic E-state index is 13.6. The standard InChI is InChI=1S/C10H14BrFN2O4S2/c1-14(2)19(15,16)6-5-13-20(17,18)10-4-3-8(11)7-9(10)12/h3-4,7,13H,5-6H2,1-2H3. The fourth-order valence-corrected chi connectivity index (χ4v) is 3.54. The minimum Gasteiger partial charge on any atom is -0.212 e. The summed E-state index contributed by atoms with van der Waals surface area (Å²) in [5.41, 5.74) is 0. The topological polar surface area (TPSA) is 83.6 Å². The van der Waals surface area contributed by atoms with Crippen LogP contribution in [0.1, 0.15) is 0 Å². The lowest BCUT2D eigenvalue weighted by Crippen LogP contribution is -2.34. The van der Waals surface area contributed by atoms with Gasteiger partial charge in [-0.3, -0.25) is 0 Å². The number of nitrogens with one attached hydrogen (secondary N) is 1. The van der Waals surface area contributed by atoms with Crippen molar-refractivity contribution in [3.8, 4) is 0 Å². The molecule has 1 rings (SSSR count). The van der Waals surface area contributed by atoms with Crippen molar-refractivity contribution in [2.75, 3.05) is 26.4 Å². The van der Waals surface area contributed by atoms with E-state index in [4.69, 9.17) is 0 Å². The second-order valence-electron chi connectivity index (χ2n) is 4.07. The van der Waals surface area contributed by atoms with Crippen molar-refractivity contribution >= 4 is 36.0 Å². The Morgan fingerprint density at radius 3 is 2.35 bits per heavy atom. The summed E-state index contributed by atoms with van der Waals surface area (Å²) in [6.07, 6.45) is 0. The van der Waals surface area contributed by atoms with Crippen molar-refractivity contribution < 1.29 is 21.2 Å². The lowest BCUT2D eigenvalue weighted by molar-refractivity contribution is 0.519. The second-order valence-corrected chi connectivity index (χ2v) is 9.02. The summed E-state index contributed by atoms with van der Waals surface area (Å²) in [6.45, 7) is -0.335. The number of hydrogen-bond acceptors (Lipinski definition) is 4. The first-order chi connectivity index (χ1) is 9.06. The Balaban J connectivity index is 2.82. The first kappa shape index (κ1) is 17.5. The molecule has 0 aliphatic heterocycles. The Kier molecular flexibility index (Phi) is 5.67. The molecule has 0 amide bonds. The second kappa shape index (κ2) is 6.48. The van der Waals surface area contributed by atoms with Crippen LogP contribution in [-0.2, 0) is 20.0 Å². The van der Waals surface area contributed by atoms with E-state index < -0.39 is 36.5 Å². The van der Waals surface area contributed by atoms with Gasteiger partial charge < -0.3 is 0 Å². The third kappa shape index (κ3) is 4.48. The Bertz CT molecular complexity index is 689. The molecule has 6 nitrogen and oxygen atoms in total. The molecule has 10 heteroatoms. The molecule has 0 spiro atoms. The van der Waals surface area contributed by atoms with Crippen molar-refractivity contribution in [2.45, 2.75) is 4.90 Å². The molecule has 0 saturated heterocycles. The summed E-state index contributed by atoms with van der Waals surface area (Å²) in [5.74, 6) is -1.32. The van der Waals surface area contributed by atoms with Crippen LogP contribution in [0.2, 0.25) is 0 Å². The molecule has 0 aromatic heterocycles. The third-order valence-corrected chi connectivity index (χ3v) is 6.21. The number of hydrogen-bond donors (Lipinski definition) is 1. The van der Waals surface area contributed by atoms with E-state index in [-0.39, 0.29) is 6.54 Å². The van der Waals surface area contributed by atoms with Crippen molar-refractivity contribution in [3.63, 3.8) is 0 Å². The van der Waals surface area contributed by atoms with Crippen molar-refractivity contribution in [2.24, 2.45) is 0 Å². The number of sulfonamides is 2. The van der Waals surface area contributed by atoms with Crippen LogP contribution in [0.5, 0.6) is 0 Å². The largest absolute Gasteiger partial charge is 0.243 e. The van der Waals surface area contributed by atoms with Crippen LogP contribution in [0.15, 0.2) is 27.6 Å². The van der Waals surface area contributed by atoms with E-state index in [9.17, 15) is 21.2 Å². The summed E-state index contributed by atoms with van der Waals surface area (Å²) in [6, 6.07) is 3.50. The lowest BCUT2D eigenvalue weighted by Gasteiger charge is -2.12. The van der Waals surface area contributed by atoms with E-state index in [1.807, 2.05) is 0 Å². The fourth-order valence-electron chi connectivity index (χ4n) is 1.26. The summed E-state index contributed by atoms with van der Waals surface area (Å²) in [7, 11) is -4.91. The lowest BCUT2D eigenvalue weighted by atomic mass is 10.3. The molecule has 0 bridgehead atoms. The maximum Gasteiger partial charge on any atom is 0.243 e. The average Bonchev–Trinajstić information content (AvgIpc) is 2.27. The molecule has 1 aromatic rings. The van der Waals surface area contributed by atoms with Gasteiger partial charge in [-0.15, -0.1) is 0 Å². The minimum atomic E-state index is -4.08. The molecule has 0 heterocycles. The highest BCUT2D eigenvalue weighted by atomic mass is 79.9. The van der Waals surface area contributed by atoms with Crippen LogP contribution in [0, 0.1) is 5.82 Å². The van der Waals surface area contributed by atoms with Crippen molar-refractivity contribution in [1.82, 2.24) is 9.03 Å². The molecule has 114 valence electrons. The zero-order valence-electron chi connectivity index (χ0n) is 10.8. The van der Waals surface area contributed by atoms with Crippen LogP contribution < -0.4 is 4.72 Å². The predicted octanol–water partition coefficient (Wildman–Crippen LogP) is 0.758. The molecule has 0 fully saturated rings. The number of benzene rings is 1. The Morgan fingerprint density at radius 1 is 1.25 bits per heavy atom. The molecule has 0 aliphatic rings. The smallest absolute Gasteiger partial charge is 0.212 e. The molecule has 0 radical (unpaired) electrons. The monoisotopic (exact) mass is 388 g/mol. The van der Waals surface area contributed by atoms with Gasteiger partial charge in [0.05, 0.1) is 5.75 Å². The minimum absolute atomic E-state index is 0.335. The van der Waals surface area contributed by atoms with E-state index in [0.29, 0.717) is 4.47 Å². The van der Waals surface area contributed by atoms with Crippen LogP contribution >= 0.6 is 15.9 Å². The summed E-state index contributed by atoms with van der Waals surface area (Å²) in [5, 5.41) is 0. The van der Waals surface area contributed by atoms with Gasteiger partial charge in [0.15, 0.2) is 0 Å². The molecule has 0 unspecified atom stereocenters. The van der Waals surface area contributed by atoms with E-state index in [1.54, 1.807) is 0 Å². The molecule has 0 saturated carbocycles. The number of nitrogens with zero attached hydrogens (tertiary/aromatic N) is 1. The fraction of sp³-hybridized carbons (Fsp3) is 0.400. The highest BCUT2D eigenvalue weighted by Crippen LogP contribution is 2.19. The van der Waals surface area contributed by atoms with Gasteiger partial charge in [-0.05, 0) is 18.2 Å². The SMILES string of the molecule is CN(C)S(=O)(=O)CCNS(=O)(=O)c1ccc(Br)cc1F. The van der Waals surface area contributed by atoms with Crippen molar-refractivity contribution in [1.29, 1.82) is 0 Å². The zero-order valence-corrected chi connectivity index (χ0v) is 14.0. The quantitative estimate of drug-likeness (QED) is 0.779. The Morgan fingerprint density at radius 2 is 1.85 bits per heavy atom.